The molecule has 0 atom stereocenters. The van der Waals surface area contributed by atoms with Gasteiger partial charge in [-0.15, -0.1) is 0 Å². The van der Waals surface area contributed by atoms with Gasteiger partial charge in [-0.3, -0.25) is 4.79 Å². The van der Waals surface area contributed by atoms with Gasteiger partial charge >= 0.3 is 0 Å². The molecule has 0 heterocycles. The Labute approximate surface area is 104 Å². The van der Waals surface area contributed by atoms with E-state index in [1.165, 1.54) is 13.0 Å². The van der Waals surface area contributed by atoms with Crippen LogP contribution in [-0.2, 0) is 4.79 Å². The standard InChI is InChI=1S/C13H14O2.C2H6/c1-11(14)5-3-4-6-12-7-9-13(15-2)10-8-12;1-2/h3-10H,1-2H3;1-2H3/b5-3+,6-4+;. The number of hydrogen-bond donors (Lipinski definition) is 0. The second-order valence-corrected chi connectivity index (χ2v) is 3.10. The molecule has 0 aliphatic carbocycles. The molecule has 2 heteroatoms. The lowest BCUT2D eigenvalue weighted by molar-refractivity contribution is -0.112. The number of rotatable bonds is 4. The van der Waals surface area contributed by atoms with Crippen molar-refractivity contribution in [3.8, 4) is 5.75 Å². The third-order valence-electron chi connectivity index (χ3n) is 1.85. The predicted octanol–water partition coefficient (Wildman–Crippen LogP) is 3.88. The van der Waals surface area contributed by atoms with Crippen molar-refractivity contribution in [1.29, 1.82) is 0 Å². The summed E-state index contributed by atoms with van der Waals surface area (Å²) in [5.41, 5.74) is 1.07. The predicted molar refractivity (Wildman–Crippen MR) is 73.2 cm³/mol. The lowest BCUT2D eigenvalue weighted by Crippen LogP contribution is -1.81. The molecule has 0 radical (unpaired) electrons. The Balaban J connectivity index is 0.00000121. The van der Waals surface area contributed by atoms with Crippen LogP contribution in [0.25, 0.3) is 6.08 Å². The Bertz CT molecular complexity index is 372. The molecule has 92 valence electrons. The Hall–Kier alpha value is -1.83. The van der Waals surface area contributed by atoms with Crippen LogP contribution in [0.2, 0.25) is 0 Å². The zero-order chi connectivity index (χ0) is 13.1. The van der Waals surface area contributed by atoms with Crippen LogP contribution in [0.5, 0.6) is 5.75 Å². The molecule has 0 saturated heterocycles. The summed E-state index contributed by atoms with van der Waals surface area (Å²) in [6.45, 7) is 5.53. The normalized spacial score (nSPS) is 10.1. The van der Waals surface area contributed by atoms with Crippen LogP contribution in [0.1, 0.15) is 26.3 Å². The number of hydrogen-bond acceptors (Lipinski definition) is 2. The van der Waals surface area contributed by atoms with E-state index in [0.29, 0.717) is 0 Å². The summed E-state index contributed by atoms with van der Waals surface area (Å²) in [5, 5.41) is 0. The van der Waals surface area contributed by atoms with Gasteiger partial charge in [-0.1, -0.05) is 44.2 Å². The summed E-state index contributed by atoms with van der Waals surface area (Å²) < 4.78 is 5.04. The van der Waals surface area contributed by atoms with E-state index in [4.69, 9.17) is 4.74 Å². The van der Waals surface area contributed by atoms with Crippen molar-refractivity contribution in [3.63, 3.8) is 0 Å². The number of carbonyl (C=O) groups is 1. The quantitative estimate of drug-likeness (QED) is 0.581. The summed E-state index contributed by atoms with van der Waals surface area (Å²) in [4.78, 5) is 10.6. The summed E-state index contributed by atoms with van der Waals surface area (Å²) in [6, 6.07) is 7.70. The Morgan fingerprint density at radius 1 is 1.12 bits per heavy atom. The maximum absolute atomic E-state index is 10.6. The van der Waals surface area contributed by atoms with Gasteiger partial charge in [-0.2, -0.15) is 0 Å². The molecule has 0 unspecified atom stereocenters. The first-order valence-electron chi connectivity index (χ1n) is 5.72. The van der Waals surface area contributed by atoms with E-state index in [-0.39, 0.29) is 5.78 Å². The molecule has 0 aromatic heterocycles. The topological polar surface area (TPSA) is 26.3 Å². The molecule has 0 fully saturated rings. The minimum Gasteiger partial charge on any atom is -0.497 e. The van der Waals surface area contributed by atoms with Crippen LogP contribution >= 0.6 is 0 Å². The maximum Gasteiger partial charge on any atom is 0.152 e. The molecule has 1 rings (SSSR count). The number of ketones is 1. The molecule has 2 nitrogen and oxygen atoms in total. The third-order valence-corrected chi connectivity index (χ3v) is 1.85. The van der Waals surface area contributed by atoms with Gasteiger partial charge in [0.2, 0.25) is 0 Å². The van der Waals surface area contributed by atoms with Crippen LogP contribution in [0.4, 0.5) is 0 Å². The average molecular weight is 232 g/mol. The zero-order valence-corrected chi connectivity index (χ0v) is 10.9. The van der Waals surface area contributed by atoms with E-state index >= 15 is 0 Å². The third kappa shape index (κ3) is 7.12. The smallest absolute Gasteiger partial charge is 0.152 e. The minimum atomic E-state index is 0.0504. The van der Waals surface area contributed by atoms with E-state index in [1.54, 1.807) is 13.2 Å². The molecule has 17 heavy (non-hydrogen) atoms. The van der Waals surface area contributed by atoms with Crippen LogP contribution in [-0.4, -0.2) is 12.9 Å². The fraction of sp³-hybridized carbons (Fsp3) is 0.267. The molecule has 0 N–H and O–H groups in total. The zero-order valence-electron chi connectivity index (χ0n) is 10.9. The molecule has 0 amide bonds. The van der Waals surface area contributed by atoms with Gasteiger partial charge < -0.3 is 4.74 Å². The van der Waals surface area contributed by atoms with Crippen molar-refractivity contribution in [3.05, 3.63) is 48.1 Å². The average Bonchev–Trinajstić information content (AvgIpc) is 2.37. The van der Waals surface area contributed by atoms with Gasteiger partial charge in [-0.05, 0) is 30.7 Å². The summed E-state index contributed by atoms with van der Waals surface area (Å²) in [5.74, 6) is 0.890. The van der Waals surface area contributed by atoms with Crippen LogP contribution < -0.4 is 4.74 Å². The molecule has 0 aliphatic rings. The number of methoxy groups -OCH3 is 1. The molecule has 1 aromatic rings. The van der Waals surface area contributed by atoms with E-state index in [9.17, 15) is 4.79 Å². The number of ether oxygens (including phenoxy) is 1. The second-order valence-electron chi connectivity index (χ2n) is 3.10. The second kappa shape index (κ2) is 9.40. The highest BCUT2D eigenvalue weighted by atomic mass is 16.5. The molecular formula is C15H20O2. The Morgan fingerprint density at radius 2 is 1.71 bits per heavy atom. The monoisotopic (exact) mass is 232 g/mol. The van der Waals surface area contributed by atoms with Crippen molar-refractivity contribution in [2.75, 3.05) is 7.11 Å². The first-order chi connectivity index (χ1) is 8.22. The Morgan fingerprint density at radius 3 is 2.18 bits per heavy atom. The van der Waals surface area contributed by atoms with Gasteiger partial charge in [0, 0.05) is 0 Å². The van der Waals surface area contributed by atoms with Gasteiger partial charge in [0.05, 0.1) is 7.11 Å². The highest BCUT2D eigenvalue weighted by Gasteiger charge is 1.88. The highest BCUT2D eigenvalue weighted by molar-refractivity contribution is 5.87. The van der Waals surface area contributed by atoms with Gasteiger partial charge in [0.15, 0.2) is 5.78 Å². The van der Waals surface area contributed by atoms with Crippen molar-refractivity contribution >= 4 is 11.9 Å². The molecule has 1 aromatic carbocycles. The molecule has 0 spiro atoms. The molecular weight excluding hydrogens is 212 g/mol. The van der Waals surface area contributed by atoms with Crippen LogP contribution in [0.15, 0.2) is 42.5 Å². The van der Waals surface area contributed by atoms with E-state index in [2.05, 4.69) is 0 Å². The summed E-state index contributed by atoms with van der Waals surface area (Å²) >= 11 is 0. The van der Waals surface area contributed by atoms with Crippen molar-refractivity contribution in [1.82, 2.24) is 0 Å². The SMILES string of the molecule is CC.COc1ccc(/C=C/C=C/C(C)=O)cc1. The number of carbonyl (C=O) groups excluding carboxylic acids is 1. The lowest BCUT2D eigenvalue weighted by atomic mass is 10.2. The van der Waals surface area contributed by atoms with Crippen molar-refractivity contribution in [2.45, 2.75) is 20.8 Å². The highest BCUT2D eigenvalue weighted by Crippen LogP contribution is 2.12. The first kappa shape index (κ1) is 15.2. The molecule has 0 bridgehead atoms. The van der Waals surface area contributed by atoms with Gasteiger partial charge in [0.1, 0.15) is 5.75 Å². The molecule has 0 saturated carbocycles. The minimum absolute atomic E-state index is 0.0504. The van der Waals surface area contributed by atoms with Crippen molar-refractivity contribution < 1.29 is 9.53 Å². The van der Waals surface area contributed by atoms with E-state index in [1.807, 2.05) is 50.3 Å². The number of benzene rings is 1. The Kier molecular flexibility index (Phi) is 8.39. The van der Waals surface area contributed by atoms with E-state index < -0.39 is 0 Å². The maximum atomic E-state index is 10.6. The van der Waals surface area contributed by atoms with Gasteiger partial charge in [0.25, 0.3) is 0 Å². The lowest BCUT2D eigenvalue weighted by Gasteiger charge is -1.98. The fourth-order valence-electron chi connectivity index (χ4n) is 1.07. The van der Waals surface area contributed by atoms with E-state index in [0.717, 1.165) is 11.3 Å². The summed E-state index contributed by atoms with van der Waals surface area (Å²) in [7, 11) is 1.64. The first-order valence-corrected chi connectivity index (χ1v) is 5.72. The van der Waals surface area contributed by atoms with Crippen LogP contribution in [0, 0.1) is 0 Å². The largest absolute Gasteiger partial charge is 0.497 e. The fourth-order valence-corrected chi connectivity index (χ4v) is 1.07. The number of allylic oxidation sites excluding steroid dienone is 3. The van der Waals surface area contributed by atoms with Gasteiger partial charge in [-0.25, -0.2) is 0 Å². The summed E-state index contributed by atoms with van der Waals surface area (Å²) in [6.07, 6.45) is 7.02. The van der Waals surface area contributed by atoms with Crippen molar-refractivity contribution in [2.24, 2.45) is 0 Å². The van der Waals surface area contributed by atoms with Crippen LogP contribution in [0.3, 0.4) is 0 Å². The molecule has 0 aliphatic heterocycles.